The highest BCUT2D eigenvalue weighted by Crippen LogP contribution is 2.50. The molecular weight excluding hydrogens is 372 g/mol. The molecule has 0 atom stereocenters. The summed E-state index contributed by atoms with van der Waals surface area (Å²) in [5.41, 5.74) is 6.70. The van der Waals surface area contributed by atoms with Crippen LogP contribution >= 0.6 is 11.8 Å². The van der Waals surface area contributed by atoms with E-state index in [-0.39, 0.29) is 0 Å². The summed E-state index contributed by atoms with van der Waals surface area (Å²) in [6.45, 7) is 2.25. The van der Waals surface area contributed by atoms with Crippen LogP contribution in [0.3, 0.4) is 0 Å². The summed E-state index contributed by atoms with van der Waals surface area (Å²) in [7, 11) is 2.18. The molecule has 1 fully saturated rings. The molecule has 2 aliphatic rings. The number of nitrogens with zero attached hydrogens (tertiary/aromatic N) is 2. The van der Waals surface area contributed by atoms with E-state index < -0.39 is 0 Å². The lowest BCUT2D eigenvalue weighted by Crippen LogP contribution is -2.31. The highest BCUT2D eigenvalue weighted by molar-refractivity contribution is 7.99. The Hall–Kier alpha value is -2.39. The van der Waals surface area contributed by atoms with E-state index in [1.54, 1.807) is 5.56 Å². The molecule has 2 nitrogen and oxygen atoms in total. The third-order valence-electron chi connectivity index (χ3n) is 6.89. The van der Waals surface area contributed by atoms with Crippen molar-refractivity contribution in [3.05, 3.63) is 59.9 Å². The van der Waals surface area contributed by atoms with E-state index in [2.05, 4.69) is 60.1 Å². The summed E-state index contributed by atoms with van der Waals surface area (Å²) in [5, 5.41) is 4.06. The van der Waals surface area contributed by atoms with Gasteiger partial charge in [0.2, 0.25) is 5.69 Å². The largest absolute Gasteiger partial charge is 0.256 e. The molecule has 0 unspecified atom stereocenters. The molecule has 1 aliphatic carbocycles. The third kappa shape index (κ3) is 2.63. The lowest BCUT2D eigenvalue weighted by atomic mass is 9.83. The number of aromatic nitrogens is 2. The van der Waals surface area contributed by atoms with Crippen molar-refractivity contribution in [3.8, 4) is 11.3 Å². The number of rotatable bonds is 1. The summed E-state index contributed by atoms with van der Waals surface area (Å²) >= 11 is 1.94. The van der Waals surface area contributed by atoms with Gasteiger partial charge in [0.1, 0.15) is 7.05 Å². The van der Waals surface area contributed by atoms with E-state index in [9.17, 15) is 0 Å². The van der Waals surface area contributed by atoms with Gasteiger partial charge in [0.25, 0.3) is 0 Å². The van der Waals surface area contributed by atoms with Gasteiger partial charge in [0.05, 0.1) is 16.5 Å². The van der Waals surface area contributed by atoms with Crippen LogP contribution in [0.2, 0.25) is 0 Å². The van der Waals surface area contributed by atoms with Gasteiger partial charge in [-0.25, -0.2) is 4.57 Å². The molecule has 0 saturated heterocycles. The molecule has 0 bridgehead atoms. The first-order valence-electron chi connectivity index (χ1n) is 10.7. The number of hydrogen-bond acceptors (Lipinski definition) is 2. The zero-order chi connectivity index (χ0) is 19.5. The van der Waals surface area contributed by atoms with Crippen molar-refractivity contribution in [2.24, 2.45) is 7.05 Å². The molecule has 3 heterocycles. The molecule has 1 aliphatic heterocycles. The van der Waals surface area contributed by atoms with E-state index in [4.69, 9.17) is 0 Å². The molecule has 0 amide bonds. The Kier molecular flexibility index (Phi) is 3.95. The lowest BCUT2D eigenvalue weighted by Gasteiger charge is -2.25. The highest BCUT2D eigenvalue weighted by Gasteiger charge is 2.30. The minimum absolute atomic E-state index is 0.726. The van der Waals surface area contributed by atoms with Gasteiger partial charge in [-0.1, -0.05) is 43.2 Å². The summed E-state index contributed by atoms with van der Waals surface area (Å²) in [6.07, 6.45) is 11.0. The van der Waals surface area contributed by atoms with Crippen molar-refractivity contribution in [2.75, 3.05) is 0 Å². The third-order valence-corrected chi connectivity index (χ3v) is 7.97. The maximum atomic E-state index is 4.65. The second-order valence-corrected chi connectivity index (χ2v) is 9.72. The van der Waals surface area contributed by atoms with Crippen molar-refractivity contribution in [2.45, 2.75) is 54.7 Å². The van der Waals surface area contributed by atoms with Crippen molar-refractivity contribution in [1.29, 1.82) is 0 Å². The molecule has 3 heteroatoms. The molecule has 0 N–H and O–H groups in total. The molecule has 0 spiro atoms. The van der Waals surface area contributed by atoms with Gasteiger partial charge in [-0.15, -0.1) is 0 Å². The van der Waals surface area contributed by atoms with Crippen LogP contribution in [0.5, 0.6) is 0 Å². The molecule has 29 heavy (non-hydrogen) atoms. The van der Waals surface area contributed by atoms with E-state index in [0.29, 0.717) is 0 Å². The zero-order valence-corrected chi connectivity index (χ0v) is 17.9. The molecule has 2 aromatic carbocycles. The average Bonchev–Trinajstić information content (AvgIpc) is 2.76. The Morgan fingerprint density at radius 2 is 1.90 bits per heavy atom. The van der Waals surface area contributed by atoms with Crippen LogP contribution in [-0.4, -0.2) is 4.98 Å². The first-order valence-corrected chi connectivity index (χ1v) is 11.6. The minimum Gasteiger partial charge on any atom is -0.256 e. The standard InChI is InChI=1S/C26H25N2S/c1-16-20-9-6-11-27-21(20)15-23-24(16)26-25-18(10-12-28(26)2)13-19(14-22(25)29-23)17-7-4-3-5-8-17/h6,9-15,17H,3-5,7-8H2,1-2H3/q+1. The van der Waals surface area contributed by atoms with Gasteiger partial charge in [-0.3, -0.25) is 4.98 Å². The molecule has 4 aromatic rings. The summed E-state index contributed by atoms with van der Waals surface area (Å²) < 4.78 is 2.31. The van der Waals surface area contributed by atoms with Gasteiger partial charge >= 0.3 is 0 Å². The maximum absolute atomic E-state index is 4.65. The number of pyridine rings is 2. The second kappa shape index (κ2) is 6.56. The number of aryl methyl sites for hydroxylation is 2. The van der Waals surface area contributed by atoms with Gasteiger partial charge < -0.3 is 0 Å². The summed E-state index contributed by atoms with van der Waals surface area (Å²) in [5.74, 6) is 0.726. The Morgan fingerprint density at radius 1 is 1.03 bits per heavy atom. The quantitative estimate of drug-likeness (QED) is 0.293. The Morgan fingerprint density at radius 3 is 2.76 bits per heavy atom. The molecule has 144 valence electrons. The molecule has 6 rings (SSSR count). The summed E-state index contributed by atoms with van der Waals surface area (Å²) in [6, 6.07) is 13.8. The van der Waals surface area contributed by atoms with Crippen LogP contribution in [0.25, 0.3) is 32.9 Å². The van der Waals surface area contributed by atoms with Gasteiger partial charge in [0, 0.05) is 27.4 Å². The van der Waals surface area contributed by atoms with Crippen LogP contribution in [0, 0.1) is 6.92 Å². The number of benzene rings is 2. The number of hydrogen-bond donors (Lipinski definition) is 0. The van der Waals surface area contributed by atoms with Gasteiger partial charge in [-0.05, 0) is 60.4 Å². The van der Waals surface area contributed by atoms with E-state index in [0.717, 1.165) is 11.4 Å². The Labute approximate surface area is 176 Å². The zero-order valence-electron chi connectivity index (χ0n) is 17.0. The van der Waals surface area contributed by atoms with Gasteiger partial charge in [-0.2, -0.15) is 0 Å². The van der Waals surface area contributed by atoms with E-state index in [1.807, 2.05) is 24.0 Å². The predicted octanol–water partition coefficient (Wildman–Crippen LogP) is 6.70. The second-order valence-electron chi connectivity index (χ2n) is 8.64. The van der Waals surface area contributed by atoms with E-state index >= 15 is 0 Å². The van der Waals surface area contributed by atoms with E-state index in [1.165, 1.54) is 74.9 Å². The smallest absolute Gasteiger partial charge is 0.222 e. The van der Waals surface area contributed by atoms with Crippen LogP contribution in [0.1, 0.15) is 49.1 Å². The van der Waals surface area contributed by atoms with Crippen molar-refractivity contribution >= 4 is 33.4 Å². The maximum Gasteiger partial charge on any atom is 0.222 e. The predicted molar refractivity (Wildman–Crippen MR) is 121 cm³/mol. The Balaban J connectivity index is 1.65. The number of fused-ring (bicyclic) bond motifs is 3. The average molecular weight is 398 g/mol. The summed E-state index contributed by atoms with van der Waals surface area (Å²) in [4.78, 5) is 7.40. The first-order chi connectivity index (χ1) is 14.2. The van der Waals surface area contributed by atoms with Crippen LogP contribution in [-0.2, 0) is 7.05 Å². The molecule has 1 saturated carbocycles. The van der Waals surface area contributed by atoms with Crippen LogP contribution in [0.4, 0.5) is 0 Å². The van der Waals surface area contributed by atoms with Crippen molar-refractivity contribution < 1.29 is 4.57 Å². The Bertz CT molecular complexity index is 1290. The fourth-order valence-corrected chi connectivity index (χ4v) is 6.67. The van der Waals surface area contributed by atoms with Crippen LogP contribution < -0.4 is 4.57 Å². The SMILES string of the molecule is Cc1c2c(cc3ncccc13)Sc1cc(C3CCCCC3)cc3cc[n+](C)c-2c13. The first kappa shape index (κ1) is 17.5. The van der Waals surface area contributed by atoms with Gasteiger partial charge in [0.15, 0.2) is 6.20 Å². The fourth-order valence-electron chi connectivity index (χ4n) is 5.40. The molecule has 0 radical (unpaired) electrons. The molecule has 2 aromatic heterocycles. The topological polar surface area (TPSA) is 16.8 Å². The minimum atomic E-state index is 0.726. The van der Waals surface area contributed by atoms with Crippen molar-refractivity contribution in [3.63, 3.8) is 0 Å². The van der Waals surface area contributed by atoms with Crippen LogP contribution in [0.15, 0.2) is 58.6 Å². The fraction of sp³-hybridized carbons (Fsp3) is 0.308. The molecular formula is C26H25N2S+. The van der Waals surface area contributed by atoms with Crippen molar-refractivity contribution in [1.82, 2.24) is 4.98 Å². The monoisotopic (exact) mass is 397 g/mol. The lowest BCUT2D eigenvalue weighted by molar-refractivity contribution is -0.659. The normalized spacial score (nSPS) is 16.3. The highest BCUT2D eigenvalue weighted by atomic mass is 32.2.